The van der Waals surface area contributed by atoms with E-state index in [0.29, 0.717) is 0 Å². The Morgan fingerprint density at radius 2 is 2.29 bits per heavy atom. The van der Waals surface area contributed by atoms with E-state index in [4.69, 9.17) is 5.73 Å². The first kappa shape index (κ1) is 12.3. The molecule has 4 nitrogen and oxygen atoms in total. The van der Waals surface area contributed by atoms with Crippen molar-refractivity contribution in [1.29, 1.82) is 0 Å². The Bertz CT molecular complexity index is 284. The molecule has 3 N–H and O–H groups in total. The number of amides is 1. The largest absolute Gasteiger partial charge is 0.385 e. The second kappa shape index (κ2) is 5.90. The lowest BCUT2D eigenvalue weighted by molar-refractivity contribution is -0.119. The van der Waals surface area contributed by atoms with Gasteiger partial charge in [0.25, 0.3) is 0 Å². The van der Waals surface area contributed by atoms with Crippen molar-refractivity contribution in [2.24, 2.45) is 10.7 Å². The van der Waals surface area contributed by atoms with Gasteiger partial charge >= 0.3 is 0 Å². The van der Waals surface area contributed by atoms with Gasteiger partial charge in [-0.15, -0.1) is 0 Å². The number of aliphatic imine (C=N–C) groups is 1. The average Bonchev–Trinajstić information content (AvgIpc) is 2.12. The lowest BCUT2D eigenvalue weighted by Gasteiger charge is -2.10. The molecule has 0 aromatic heterocycles. The molecule has 1 amide bonds. The van der Waals surface area contributed by atoms with Crippen LogP contribution >= 0.6 is 0 Å². The number of carbonyl (C=O) groups excluding carboxylic acids is 1. The summed E-state index contributed by atoms with van der Waals surface area (Å²) in [5.74, 6) is -0.663. The predicted octanol–water partition coefficient (Wildman–Crippen LogP) is 0.865. The Morgan fingerprint density at radius 1 is 1.71 bits per heavy atom. The summed E-state index contributed by atoms with van der Waals surface area (Å²) in [4.78, 5) is 14.2. The number of amidine groups is 1. The summed E-state index contributed by atoms with van der Waals surface area (Å²) in [5, 5.41) is 2.51. The molecule has 0 saturated heterocycles. The summed E-state index contributed by atoms with van der Waals surface area (Å²) in [5.41, 5.74) is 5.46. The van der Waals surface area contributed by atoms with Crippen LogP contribution in [0.5, 0.6) is 0 Å². The maximum absolute atomic E-state index is 12.5. The fourth-order valence-electron chi connectivity index (χ4n) is 0.680. The minimum atomic E-state index is -0.581. The molecule has 0 fully saturated rings. The zero-order chi connectivity index (χ0) is 11.1. The summed E-state index contributed by atoms with van der Waals surface area (Å²) in [7, 11) is 0. The van der Waals surface area contributed by atoms with E-state index in [1.54, 1.807) is 6.92 Å². The normalized spacial score (nSPS) is 14.8. The van der Waals surface area contributed by atoms with Gasteiger partial charge in [-0.05, 0) is 13.0 Å². The summed E-state index contributed by atoms with van der Waals surface area (Å²) in [6.45, 7) is 6.23. The van der Waals surface area contributed by atoms with Crippen molar-refractivity contribution >= 4 is 11.7 Å². The fourth-order valence-corrected chi connectivity index (χ4v) is 0.680. The van der Waals surface area contributed by atoms with Crippen LogP contribution in [-0.4, -0.2) is 17.8 Å². The van der Waals surface area contributed by atoms with E-state index in [2.05, 4.69) is 16.9 Å². The van der Waals surface area contributed by atoms with E-state index in [-0.39, 0.29) is 11.7 Å². The summed E-state index contributed by atoms with van der Waals surface area (Å²) in [6, 6.07) is -0.415. The van der Waals surface area contributed by atoms with Crippen LogP contribution in [0.2, 0.25) is 0 Å². The van der Waals surface area contributed by atoms with Gasteiger partial charge in [0.1, 0.15) is 11.7 Å². The van der Waals surface area contributed by atoms with Crippen LogP contribution in [0, 0.1) is 0 Å². The molecule has 5 heteroatoms. The number of carbonyl (C=O) groups is 1. The van der Waals surface area contributed by atoms with Crippen LogP contribution in [0.15, 0.2) is 29.7 Å². The molecule has 0 aromatic rings. The third-order valence-electron chi connectivity index (χ3n) is 1.40. The van der Waals surface area contributed by atoms with Crippen molar-refractivity contribution in [2.75, 3.05) is 0 Å². The standard InChI is InChI=1S/C9H14FN3O/c1-4-8(10)5-12-9(11)6(2)13-7(3)14/h4-6H,1H2,2-3H3,(H2,11,12)(H,13,14)/b8-5+/t6-/m0/s1. The first-order valence-corrected chi connectivity index (χ1v) is 4.05. The fraction of sp³-hybridized carbons (Fsp3) is 0.333. The van der Waals surface area contributed by atoms with Gasteiger partial charge in [0.05, 0.1) is 12.2 Å². The summed E-state index contributed by atoms with van der Waals surface area (Å²) in [6.07, 6.45) is 1.96. The molecule has 0 aliphatic heterocycles. The van der Waals surface area contributed by atoms with Gasteiger partial charge in [0.15, 0.2) is 0 Å². The molecule has 0 rings (SSSR count). The van der Waals surface area contributed by atoms with Crippen LogP contribution in [0.4, 0.5) is 4.39 Å². The number of rotatable bonds is 4. The molecule has 0 radical (unpaired) electrons. The quantitative estimate of drug-likeness (QED) is 0.400. The van der Waals surface area contributed by atoms with Gasteiger partial charge in [-0.1, -0.05) is 6.58 Å². The van der Waals surface area contributed by atoms with E-state index in [1.807, 2.05) is 0 Å². The first-order chi connectivity index (χ1) is 6.47. The van der Waals surface area contributed by atoms with Crippen LogP contribution in [0.1, 0.15) is 13.8 Å². The van der Waals surface area contributed by atoms with Crippen molar-refractivity contribution in [2.45, 2.75) is 19.9 Å². The Balaban J connectivity index is 4.37. The minimum absolute atomic E-state index is 0.136. The van der Waals surface area contributed by atoms with Crippen molar-refractivity contribution in [3.05, 3.63) is 24.7 Å². The van der Waals surface area contributed by atoms with Gasteiger partial charge in [0, 0.05) is 6.92 Å². The Labute approximate surface area is 82.4 Å². The average molecular weight is 199 g/mol. The van der Waals surface area contributed by atoms with Crippen LogP contribution in [0.3, 0.4) is 0 Å². The zero-order valence-corrected chi connectivity index (χ0v) is 8.25. The molecule has 0 heterocycles. The highest BCUT2D eigenvalue weighted by Crippen LogP contribution is 1.96. The number of nitrogens with one attached hydrogen (secondary N) is 1. The number of allylic oxidation sites excluding steroid dienone is 2. The van der Waals surface area contributed by atoms with E-state index in [9.17, 15) is 9.18 Å². The smallest absolute Gasteiger partial charge is 0.217 e. The molecule has 0 aliphatic carbocycles. The third-order valence-corrected chi connectivity index (χ3v) is 1.40. The Morgan fingerprint density at radius 3 is 2.71 bits per heavy atom. The number of nitrogens with zero attached hydrogens (tertiary/aromatic N) is 1. The molecule has 0 aromatic carbocycles. The minimum Gasteiger partial charge on any atom is -0.385 e. The number of halogens is 1. The summed E-state index contributed by atoms with van der Waals surface area (Å²) < 4.78 is 12.5. The monoisotopic (exact) mass is 199 g/mol. The van der Waals surface area contributed by atoms with E-state index in [1.165, 1.54) is 6.92 Å². The van der Waals surface area contributed by atoms with Gasteiger partial charge in [-0.25, -0.2) is 9.38 Å². The molecule has 0 spiro atoms. The van der Waals surface area contributed by atoms with Gasteiger partial charge in [-0.3, -0.25) is 4.79 Å². The first-order valence-electron chi connectivity index (χ1n) is 4.05. The number of hydrogen-bond donors (Lipinski definition) is 2. The van der Waals surface area contributed by atoms with Crippen molar-refractivity contribution < 1.29 is 9.18 Å². The van der Waals surface area contributed by atoms with Crippen molar-refractivity contribution in [3.63, 3.8) is 0 Å². The molecule has 0 unspecified atom stereocenters. The van der Waals surface area contributed by atoms with Crippen LogP contribution in [-0.2, 0) is 4.79 Å². The van der Waals surface area contributed by atoms with Crippen molar-refractivity contribution in [1.82, 2.24) is 5.32 Å². The van der Waals surface area contributed by atoms with Gasteiger partial charge < -0.3 is 11.1 Å². The molecule has 0 bridgehead atoms. The Hall–Kier alpha value is -1.65. The Kier molecular flexibility index (Phi) is 5.21. The molecule has 14 heavy (non-hydrogen) atoms. The van der Waals surface area contributed by atoms with Crippen LogP contribution < -0.4 is 11.1 Å². The highest BCUT2D eigenvalue weighted by atomic mass is 19.1. The van der Waals surface area contributed by atoms with E-state index >= 15 is 0 Å². The lowest BCUT2D eigenvalue weighted by atomic mass is 10.3. The molecular formula is C9H14FN3O. The second-order valence-corrected chi connectivity index (χ2v) is 2.69. The third kappa shape index (κ3) is 5.08. The molecular weight excluding hydrogens is 185 g/mol. The van der Waals surface area contributed by atoms with Gasteiger partial charge in [0.2, 0.25) is 5.91 Å². The topological polar surface area (TPSA) is 67.5 Å². The SMILES string of the molecule is C=C/C(F)=C\N=C(/N)[C@H](C)NC(C)=O. The highest BCUT2D eigenvalue weighted by molar-refractivity contribution is 5.89. The molecule has 0 aliphatic rings. The lowest BCUT2D eigenvalue weighted by Crippen LogP contribution is -2.41. The maximum Gasteiger partial charge on any atom is 0.217 e. The maximum atomic E-state index is 12.5. The molecule has 0 saturated carbocycles. The molecule has 78 valence electrons. The van der Waals surface area contributed by atoms with Gasteiger partial charge in [-0.2, -0.15) is 0 Å². The number of nitrogens with two attached hydrogens (primary N) is 1. The predicted molar refractivity (Wildman–Crippen MR) is 54.3 cm³/mol. The summed E-state index contributed by atoms with van der Waals surface area (Å²) >= 11 is 0. The molecule has 1 atom stereocenters. The van der Waals surface area contributed by atoms with Crippen molar-refractivity contribution in [3.8, 4) is 0 Å². The second-order valence-electron chi connectivity index (χ2n) is 2.69. The van der Waals surface area contributed by atoms with E-state index in [0.717, 1.165) is 12.3 Å². The van der Waals surface area contributed by atoms with Crippen LogP contribution in [0.25, 0.3) is 0 Å². The number of hydrogen-bond acceptors (Lipinski definition) is 2. The zero-order valence-electron chi connectivity index (χ0n) is 8.25. The van der Waals surface area contributed by atoms with E-state index < -0.39 is 11.9 Å². The highest BCUT2D eigenvalue weighted by Gasteiger charge is 2.06.